The van der Waals surface area contributed by atoms with Gasteiger partial charge in [-0.3, -0.25) is 24.5 Å². The van der Waals surface area contributed by atoms with Crippen LogP contribution in [0.2, 0.25) is 5.02 Å². The fraction of sp³-hybridized carbons (Fsp3) is 0.167. The molecule has 8 heteroatoms. The van der Waals surface area contributed by atoms with Crippen molar-refractivity contribution in [3.8, 4) is 0 Å². The van der Waals surface area contributed by atoms with E-state index in [1.54, 1.807) is 30.3 Å². The number of ketones is 2. The van der Waals surface area contributed by atoms with Crippen LogP contribution in [0.15, 0.2) is 48.5 Å². The van der Waals surface area contributed by atoms with Crippen LogP contribution in [0.4, 0.5) is 5.69 Å². The lowest BCUT2D eigenvalue weighted by atomic mass is 9.84. The number of benzene rings is 2. The first kappa shape index (κ1) is 17.8. The topological polar surface area (TPSA) is 106 Å². The zero-order chi connectivity index (χ0) is 18.8. The highest BCUT2D eigenvalue weighted by Crippen LogP contribution is 2.30. The molecule has 1 heterocycles. The van der Waals surface area contributed by atoms with Gasteiger partial charge in [0.1, 0.15) is 0 Å². The highest BCUT2D eigenvalue weighted by molar-refractivity contribution is 6.32. The first-order valence-corrected chi connectivity index (χ1v) is 8.12. The number of carbonyl (C=O) groups is 3. The Kier molecular flexibility index (Phi) is 4.81. The second-order valence-corrected chi connectivity index (χ2v) is 6.29. The number of carbonyl (C=O) groups excluding carboxylic acids is 3. The standard InChI is InChI=1S/C18H13ClN2O5/c19-11-6-7-14(21(25)26)12(8-11)17(23)16-15(22)9-13(20-18(16)24)10-4-2-1-3-5-10/h1-8,13,16H,9H2,(H,20,24). The molecule has 2 aromatic rings. The lowest BCUT2D eigenvalue weighted by Crippen LogP contribution is -2.48. The van der Waals surface area contributed by atoms with Crippen molar-refractivity contribution in [3.05, 3.63) is 74.8 Å². The quantitative estimate of drug-likeness (QED) is 0.384. The van der Waals surface area contributed by atoms with E-state index in [0.717, 1.165) is 17.7 Å². The van der Waals surface area contributed by atoms with Crippen molar-refractivity contribution in [3.63, 3.8) is 0 Å². The molecule has 1 aliphatic rings. The zero-order valence-corrected chi connectivity index (χ0v) is 14.1. The van der Waals surface area contributed by atoms with Gasteiger partial charge in [-0.1, -0.05) is 41.9 Å². The molecule has 0 bridgehead atoms. The Labute approximate surface area is 153 Å². The summed E-state index contributed by atoms with van der Waals surface area (Å²) in [6.07, 6.45) is -0.0689. The van der Waals surface area contributed by atoms with Crippen LogP contribution in [0.3, 0.4) is 0 Å². The summed E-state index contributed by atoms with van der Waals surface area (Å²) in [6.45, 7) is 0. The van der Waals surface area contributed by atoms with Gasteiger partial charge in [-0.2, -0.15) is 0 Å². The predicted octanol–water partition coefficient (Wildman–Crippen LogP) is 2.88. The van der Waals surface area contributed by atoms with Gasteiger partial charge in [0.05, 0.1) is 16.5 Å². The van der Waals surface area contributed by atoms with Crippen molar-refractivity contribution in [2.75, 3.05) is 0 Å². The summed E-state index contributed by atoms with van der Waals surface area (Å²) >= 11 is 5.82. The van der Waals surface area contributed by atoms with Crippen molar-refractivity contribution in [2.24, 2.45) is 5.92 Å². The molecule has 3 rings (SSSR count). The molecule has 0 aliphatic carbocycles. The van der Waals surface area contributed by atoms with Crippen LogP contribution in [-0.2, 0) is 9.59 Å². The maximum atomic E-state index is 12.7. The number of Topliss-reactive ketones (excluding diaryl/α,β-unsaturated/α-hetero) is 2. The van der Waals surface area contributed by atoms with E-state index in [1.807, 2.05) is 0 Å². The normalized spacial score (nSPS) is 19.7. The van der Waals surface area contributed by atoms with Gasteiger partial charge in [-0.25, -0.2) is 0 Å². The average Bonchev–Trinajstić information content (AvgIpc) is 2.61. The third-order valence-electron chi connectivity index (χ3n) is 4.19. The number of nitro benzene ring substituents is 1. The Balaban J connectivity index is 1.90. The third-order valence-corrected chi connectivity index (χ3v) is 4.43. The molecular formula is C18H13ClN2O5. The van der Waals surface area contributed by atoms with E-state index in [4.69, 9.17) is 11.6 Å². The molecule has 2 aromatic carbocycles. The molecule has 1 aliphatic heterocycles. The summed E-state index contributed by atoms with van der Waals surface area (Å²) in [6, 6.07) is 11.8. The van der Waals surface area contributed by atoms with Crippen LogP contribution < -0.4 is 5.32 Å². The molecule has 7 nitrogen and oxygen atoms in total. The van der Waals surface area contributed by atoms with Crippen LogP contribution in [0, 0.1) is 16.0 Å². The molecule has 0 saturated carbocycles. The Morgan fingerprint density at radius 2 is 1.85 bits per heavy atom. The number of hydrogen-bond donors (Lipinski definition) is 1. The van der Waals surface area contributed by atoms with Crippen molar-refractivity contribution < 1.29 is 19.3 Å². The molecule has 132 valence electrons. The van der Waals surface area contributed by atoms with E-state index in [1.165, 1.54) is 6.07 Å². The number of nitro groups is 1. The fourth-order valence-electron chi connectivity index (χ4n) is 2.94. The lowest BCUT2D eigenvalue weighted by Gasteiger charge is -2.27. The van der Waals surface area contributed by atoms with Crippen LogP contribution in [0.1, 0.15) is 28.4 Å². The molecule has 26 heavy (non-hydrogen) atoms. The summed E-state index contributed by atoms with van der Waals surface area (Å²) < 4.78 is 0. The van der Waals surface area contributed by atoms with E-state index in [0.29, 0.717) is 0 Å². The van der Waals surface area contributed by atoms with Gasteiger partial charge in [0, 0.05) is 17.5 Å². The van der Waals surface area contributed by atoms with Crippen LogP contribution >= 0.6 is 11.6 Å². The maximum absolute atomic E-state index is 12.7. The second kappa shape index (κ2) is 7.05. The third kappa shape index (κ3) is 3.34. The van der Waals surface area contributed by atoms with Crippen molar-refractivity contribution in [2.45, 2.75) is 12.5 Å². The fourth-order valence-corrected chi connectivity index (χ4v) is 3.12. The van der Waals surface area contributed by atoms with Crippen LogP contribution in [0.5, 0.6) is 0 Å². The summed E-state index contributed by atoms with van der Waals surface area (Å²) in [5.41, 5.74) is -0.104. The van der Waals surface area contributed by atoms with Crippen LogP contribution in [0.25, 0.3) is 0 Å². The monoisotopic (exact) mass is 372 g/mol. The van der Waals surface area contributed by atoms with E-state index in [2.05, 4.69) is 5.32 Å². The maximum Gasteiger partial charge on any atom is 0.280 e. The highest BCUT2D eigenvalue weighted by Gasteiger charge is 2.42. The van der Waals surface area contributed by atoms with E-state index < -0.39 is 40.0 Å². The molecule has 2 atom stereocenters. The number of halogens is 1. The minimum absolute atomic E-state index is 0.0689. The van der Waals surface area contributed by atoms with Gasteiger partial charge in [0.15, 0.2) is 17.5 Å². The van der Waals surface area contributed by atoms with E-state index in [-0.39, 0.29) is 17.0 Å². The molecule has 1 fully saturated rings. The van der Waals surface area contributed by atoms with Gasteiger partial charge in [-0.15, -0.1) is 0 Å². The number of piperidine rings is 1. The minimum Gasteiger partial charge on any atom is -0.348 e. The molecular weight excluding hydrogens is 360 g/mol. The van der Waals surface area contributed by atoms with E-state index in [9.17, 15) is 24.5 Å². The largest absolute Gasteiger partial charge is 0.348 e. The molecule has 0 spiro atoms. The lowest BCUT2D eigenvalue weighted by molar-refractivity contribution is -0.385. The van der Waals surface area contributed by atoms with Crippen molar-refractivity contribution in [1.82, 2.24) is 5.32 Å². The number of amides is 1. The molecule has 1 saturated heterocycles. The van der Waals surface area contributed by atoms with Crippen molar-refractivity contribution >= 4 is 34.8 Å². The number of nitrogens with zero attached hydrogens (tertiary/aromatic N) is 1. The number of nitrogens with one attached hydrogen (secondary N) is 1. The number of hydrogen-bond acceptors (Lipinski definition) is 5. The smallest absolute Gasteiger partial charge is 0.280 e. The Bertz CT molecular complexity index is 895. The predicted molar refractivity (Wildman–Crippen MR) is 92.9 cm³/mol. The summed E-state index contributed by atoms with van der Waals surface area (Å²) in [7, 11) is 0. The first-order valence-electron chi connectivity index (χ1n) is 7.74. The SMILES string of the molecule is O=C1CC(c2ccccc2)NC(=O)C1C(=O)c1cc(Cl)ccc1[N+](=O)[O-]. The van der Waals surface area contributed by atoms with Gasteiger partial charge < -0.3 is 5.32 Å². The van der Waals surface area contributed by atoms with Gasteiger partial charge in [0.2, 0.25) is 5.91 Å². The summed E-state index contributed by atoms with van der Waals surface area (Å²) in [5, 5.41) is 13.9. The zero-order valence-electron chi connectivity index (χ0n) is 13.3. The molecule has 0 radical (unpaired) electrons. The molecule has 1 N–H and O–H groups in total. The molecule has 0 aromatic heterocycles. The Morgan fingerprint density at radius 1 is 1.15 bits per heavy atom. The highest BCUT2D eigenvalue weighted by atomic mass is 35.5. The molecule has 1 amide bonds. The summed E-state index contributed by atoms with van der Waals surface area (Å²) in [5.74, 6) is -3.89. The van der Waals surface area contributed by atoms with Gasteiger partial charge in [0.25, 0.3) is 5.69 Å². The second-order valence-electron chi connectivity index (χ2n) is 5.86. The first-order chi connectivity index (χ1) is 12.4. The van der Waals surface area contributed by atoms with Gasteiger partial charge in [-0.05, 0) is 17.7 Å². The Hall–Kier alpha value is -3.06. The van der Waals surface area contributed by atoms with Crippen molar-refractivity contribution in [1.29, 1.82) is 0 Å². The Morgan fingerprint density at radius 3 is 2.46 bits per heavy atom. The summed E-state index contributed by atoms with van der Waals surface area (Å²) in [4.78, 5) is 48.0. The number of rotatable bonds is 4. The molecule has 2 unspecified atom stereocenters. The average molecular weight is 373 g/mol. The van der Waals surface area contributed by atoms with Gasteiger partial charge >= 0.3 is 0 Å². The van der Waals surface area contributed by atoms with Crippen LogP contribution in [-0.4, -0.2) is 22.4 Å². The minimum atomic E-state index is -1.62. The van der Waals surface area contributed by atoms with E-state index >= 15 is 0 Å².